The van der Waals surface area contributed by atoms with Gasteiger partial charge in [0.25, 0.3) is 0 Å². The summed E-state index contributed by atoms with van der Waals surface area (Å²) in [6.07, 6.45) is 21.4. The topological polar surface area (TPSA) is 6.48 Å². The first-order chi connectivity index (χ1) is 11.4. The van der Waals surface area contributed by atoms with Gasteiger partial charge in [-0.2, -0.15) is 0 Å². The van der Waals surface area contributed by atoms with Gasteiger partial charge in [0.15, 0.2) is 0 Å². The minimum absolute atomic E-state index is 1.11. The Morgan fingerprint density at radius 1 is 0.696 bits per heavy atom. The molecule has 0 fully saturated rings. The van der Waals surface area contributed by atoms with Crippen molar-refractivity contribution in [3.63, 3.8) is 0 Å². The molecule has 0 spiro atoms. The molecule has 0 bridgehead atoms. The van der Waals surface area contributed by atoms with E-state index in [1.165, 1.54) is 89.3 Å². The van der Waals surface area contributed by atoms with Gasteiger partial charge < -0.3 is 9.80 Å². The van der Waals surface area contributed by atoms with E-state index in [1.54, 1.807) is 0 Å². The smallest absolute Gasteiger partial charge is 0.0901 e. The fraction of sp³-hybridized carbons (Fsp3) is 0.900. The molecule has 23 heavy (non-hydrogen) atoms. The van der Waals surface area contributed by atoms with E-state index in [-0.39, 0.29) is 0 Å². The number of hydrogen-bond donors (Lipinski definition) is 0. The summed E-state index contributed by atoms with van der Waals surface area (Å²) in [7, 11) is 0. The molecular formula is C20H40N2S. The molecule has 0 saturated heterocycles. The molecule has 0 saturated carbocycles. The second kappa shape index (κ2) is 15.2. The monoisotopic (exact) mass is 340 g/mol. The lowest BCUT2D eigenvalue weighted by Gasteiger charge is -2.21. The lowest BCUT2D eigenvalue weighted by Crippen LogP contribution is -2.25. The molecule has 0 N–H and O–H groups in total. The van der Waals surface area contributed by atoms with Crippen molar-refractivity contribution >= 4 is 11.8 Å². The predicted molar refractivity (Wildman–Crippen MR) is 107 cm³/mol. The molecule has 0 atom stereocenters. The molecule has 0 aromatic rings. The Labute approximate surface area is 150 Å². The summed E-state index contributed by atoms with van der Waals surface area (Å²) in [5.41, 5.74) is 0. The Balaban J connectivity index is 1.86. The zero-order valence-corrected chi connectivity index (χ0v) is 16.6. The average molecular weight is 341 g/mol. The first-order valence-corrected chi connectivity index (χ1v) is 11.3. The highest BCUT2D eigenvalue weighted by molar-refractivity contribution is 7.99. The van der Waals surface area contributed by atoms with E-state index < -0.39 is 0 Å². The molecule has 0 aromatic carbocycles. The molecule has 0 radical (unpaired) electrons. The van der Waals surface area contributed by atoms with Crippen LogP contribution >= 0.6 is 11.8 Å². The van der Waals surface area contributed by atoms with Crippen LogP contribution in [-0.2, 0) is 0 Å². The van der Waals surface area contributed by atoms with Gasteiger partial charge in [-0.1, -0.05) is 78.1 Å². The lowest BCUT2D eigenvalue weighted by atomic mass is 10.1. The van der Waals surface area contributed by atoms with Crippen LogP contribution in [0, 0.1) is 0 Å². The molecule has 136 valence electrons. The summed E-state index contributed by atoms with van der Waals surface area (Å²) in [5.74, 6) is 2.49. The van der Waals surface area contributed by atoms with Crippen molar-refractivity contribution < 1.29 is 0 Å². The maximum Gasteiger partial charge on any atom is 0.0901 e. The first-order valence-electron chi connectivity index (χ1n) is 10.1. The molecule has 2 nitrogen and oxygen atoms in total. The SMILES string of the molecule is CCCCCCCCCCN1C=CN(CSCCCCCC)C1. The summed E-state index contributed by atoms with van der Waals surface area (Å²) < 4.78 is 0. The van der Waals surface area contributed by atoms with Crippen LogP contribution in [0.5, 0.6) is 0 Å². The number of hydrogen-bond acceptors (Lipinski definition) is 3. The molecule has 1 rings (SSSR count). The normalized spacial score (nSPS) is 14.2. The van der Waals surface area contributed by atoms with Crippen LogP contribution in [0.1, 0.15) is 90.9 Å². The van der Waals surface area contributed by atoms with Crippen LogP contribution in [0.25, 0.3) is 0 Å². The van der Waals surface area contributed by atoms with Gasteiger partial charge >= 0.3 is 0 Å². The van der Waals surface area contributed by atoms with Crippen molar-refractivity contribution in [3.8, 4) is 0 Å². The standard InChI is InChI=1S/C20H40N2S/c1-3-5-7-9-10-11-12-13-15-21-16-17-22(19-21)20-23-18-14-8-6-4-2/h16-17H,3-15,18-20H2,1-2H3. The summed E-state index contributed by atoms with van der Waals surface area (Å²) in [6.45, 7) is 6.92. The Kier molecular flexibility index (Phi) is 13.7. The first kappa shape index (κ1) is 20.7. The van der Waals surface area contributed by atoms with Gasteiger partial charge in [-0.25, -0.2) is 0 Å². The fourth-order valence-corrected chi connectivity index (χ4v) is 3.95. The van der Waals surface area contributed by atoms with Gasteiger partial charge in [-0.3, -0.25) is 0 Å². The van der Waals surface area contributed by atoms with E-state index in [0.717, 1.165) is 12.5 Å². The van der Waals surface area contributed by atoms with E-state index in [4.69, 9.17) is 0 Å². The molecule has 0 amide bonds. The van der Waals surface area contributed by atoms with Gasteiger partial charge in [0.05, 0.1) is 12.5 Å². The van der Waals surface area contributed by atoms with Crippen molar-refractivity contribution in [2.45, 2.75) is 90.9 Å². The zero-order chi connectivity index (χ0) is 16.6. The molecule has 0 aromatic heterocycles. The molecule has 1 aliphatic heterocycles. The number of nitrogens with zero attached hydrogens (tertiary/aromatic N) is 2. The van der Waals surface area contributed by atoms with E-state index in [0.29, 0.717) is 0 Å². The van der Waals surface area contributed by atoms with Crippen molar-refractivity contribution in [2.75, 3.05) is 24.8 Å². The van der Waals surface area contributed by atoms with E-state index in [9.17, 15) is 0 Å². The second-order valence-electron chi connectivity index (χ2n) is 6.91. The Morgan fingerprint density at radius 2 is 1.26 bits per heavy atom. The summed E-state index contributed by atoms with van der Waals surface area (Å²) >= 11 is 2.09. The summed E-state index contributed by atoms with van der Waals surface area (Å²) in [5, 5.41) is 0. The highest BCUT2D eigenvalue weighted by Gasteiger charge is 2.11. The second-order valence-corrected chi connectivity index (χ2v) is 7.99. The van der Waals surface area contributed by atoms with Crippen LogP contribution in [0.3, 0.4) is 0 Å². The molecule has 1 heterocycles. The third kappa shape index (κ3) is 11.8. The molecular weight excluding hydrogens is 300 g/mol. The molecule has 0 unspecified atom stereocenters. The maximum absolute atomic E-state index is 2.48. The van der Waals surface area contributed by atoms with Gasteiger partial charge in [-0.15, -0.1) is 11.8 Å². The molecule has 3 heteroatoms. The fourth-order valence-electron chi connectivity index (χ4n) is 3.01. The number of unbranched alkanes of at least 4 members (excludes halogenated alkanes) is 10. The highest BCUT2D eigenvalue weighted by atomic mass is 32.2. The van der Waals surface area contributed by atoms with Crippen molar-refractivity contribution in [1.29, 1.82) is 0 Å². The van der Waals surface area contributed by atoms with E-state index >= 15 is 0 Å². The Bertz CT molecular complexity index is 281. The number of rotatable bonds is 16. The third-order valence-electron chi connectivity index (χ3n) is 4.55. The van der Waals surface area contributed by atoms with Gasteiger partial charge in [-0.05, 0) is 18.6 Å². The van der Waals surface area contributed by atoms with Crippen LogP contribution in [0.15, 0.2) is 12.4 Å². The third-order valence-corrected chi connectivity index (χ3v) is 5.64. The van der Waals surface area contributed by atoms with Crippen LogP contribution in [0.4, 0.5) is 0 Å². The zero-order valence-electron chi connectivity index (χ0n) is 15.8. The highest BCUT2D eigenvalue weighted by Crippen LogP contribution is 2.15. The summed E-state index contributed by atoms with van der Waals surface area (Å²) in [6, 6.07) is 0. The van der Waals surface area contributed by atoms with Crippen LogP contribution in [0.2, 0.25) is 0 Å². The average Bonchev–Trinajstić information content (AvgIpc) is 3.01. The predicted octanol–water partition coefficient (Wildman–Crippen LogP) is 6.44. The van der Waals surface area contributed by atoms with Crippen LogP contribution in [-0.4, -0.2) is 34.6 Å². The van der Waals surface area contributed by atoms with E-state index in [1.807, 2.05) is 0 Å². The number of thioether (sulfide) groups is 1. The molecule has 0 aliphatic carbocycles. The van der Waals surface area contributed by atoms with Crippen LogP contribution < -0.4 is 0 Å². The van der Waals surface area contributed by atoms with Gasteiger partial charge in [0.2, 0.25) is 0 Å². The van der Waals surface area contributed by atoms with Gasteiger partial charge in [0.1, 0.15) is 0 Å². The summed E-state index contributed by atoms with van der Waals surface area (Å²) in [4.78, 5) is 4.93. The largest absolute Gasteiger partial charge is 0.359 e. The van der Waals surface area contributed by atoms with Gasteiger partial charge in [0, 0.05) is 18.9 Å². The Morgan fingerprint density at radius 3 is 1.96 bits per heavy atom. The maximum atomic E-state index is 2.48. The quantitative estimate of drug-likeness (QED) is 0.298. The van der Waals surface area contributed by atoms with Crippen molar-refractivity contribution in [1.82, 2.24) is 9.80 Å². The molecule has 1 aliphatic rings. The van der Waals surface area contributed by atoms with Crippen molar-refractivity contribution in [2.24, 2.45) is 0 Å². The Hall–Kier alpha value is -0.310. The van der Waals surface area contributed by atoms with E-state index in [2.05, 4.69) is 47.8 Å². The lowest BCUT2D eigenvalue weighted by molar-refractivity contribution is 0.284. The minimum Gasteiger partial charge on any atom is -0.359 e. The van der Waals surface area contributed by atoms with Crippen molar-refractivity contribution in [3.05, 3.63) is 12.4 Å². The minimum atomic E-state index is 1.11.